The zero-order valence-corrected chi connectivity index (χ0v) is 13.5. The van der Waals surface area contributed by atoms with Gasteiger partial charge in [0.25, 0.3) is 0 Å². The lowest BCUT2D eigenvalue weighted by atomic mass is 9.51. The van der Waals surface area contributed by atoms with E-state index in [1.54, 1.807) is 0 Å². The molecule has 1 amide bonds. The number of rotatable bonds is 5. The summed E-state index contributed by atoms with van der Waals surface area (Å²) in [4.78, 5) is 12.4. The summed E-state index contributed by atoms with van der Waals surface area (Å²) in [5.41, 5.74) is 8.33. The van der Waals surface area contributed by atoms with Gasteiger partial charge in [0.05, 0.1) is 6.10 Å². The van der Waals surface area contributed by atoms with Crippen LogP contribution in [-0.4, -0.2) is 24.7 Å². The average Bonchev–Trinajstić information content (AvgIpc) is 2.44. The van der Waals surface area contributed by atoms with Crippen molar-refractivity contribution in [3.63, 3.8) is 0 Å². The fourth-order valence-corrected chi connectivity index (χ4v) is 3.83. The van der Waals surface area contributed by atoms with E-state index in [1.807, 2.05) is 38.1 Å². The van der Waals surface area contributed by atoms with E-state index in [1.165, 1.54) is 12.0 Å². The predicted octanol–water partition coefficient (Wildman–Crippen LogP) is 2.46. The number of aryl methyl sites for hydroxylation is 1. The van der Waals surface area contributed by atoms with E-state index >= 15 is 0 Å². The van der Waals surface area contributed by atoms with Crippen LogP contribution in [0.15, 0.2) is 24.3 Å². The molecule has 0 radical (unpaired) electrons. The summed E-state index contributed by atoms with van der Waals surface area (Å²) >= 11 is 0. The zero-order chi connectivity index (χ0) is 15.7. The van der Waals surface area contributed by atoms with Crippen molar-refractivity contribution in [3.8, 4) is 0 Å². The van der Waals surface area contributed by atoms with Crippen LogP contribution >= 0.6 is 0 Å². The lowest BCUT2D eigenvalue weighted by Crippen LogP contribution is -2.68. The summed E-state index contributed by atoms with van der Waals surface area (Å²) in [5, 5.41) is 3.17. The van der Waals surface area contributed by atoms with Gasteiger partial charge in [0, 0.05) is 18.1 Å². The maximum Gasteiger partial charge on any atom is 0.241 e. The molecule has 0 saturated heterocycles. The molecule has 3 rings (SSSR count). The van der Waals surface area contributed by atoms with Gasteiger partial charge in [-0.2, -0.15) is 0 Å². The third kappa shape index (κ3) is 2.55. The molecule has 3 unspecified atom stereocenters. The van der Waals surface area contributed by atoms with Crippen molar-refractivity contribution in [1.82, 2.24) is 5.32 Å². The molecule has 3 atom stereocenters. The molecule has 2 fully saturated rings. The number of amides is 1. The zero-order valence-electron chi connectivity index (χ0n) is 13.5. The Hall–Kier alpha value is -1.39. The van der Waals surface area contributed by atoms with Crippen LogP contribution in [0, 0.1) is 12.3 Å². The number of nitrogens with one attached hydrogen (secondary N) is 1. The van der Waals surface area contributed by atoms with E-state index in [0.717, 1.165) is 31.4 Å². The molecule has 0 heterocycles. The van der Waals surface area contributed by atoms with Crippen LogP contribution in [0.2, 0.25) is 0 Å². The maximum atomic E-state index is 12.4. The maximum absolute atomic E-state index is 12.4. The van der Waals surface area contributed by atoms with Gasteiger partial charge in [-0.25, -0.2) is 0 Å². The van der Waals surface area contributed by atoms with E-state index in [0.29, 0.717) is 6.10 Å². The van der Waals surface area contributed by atoms with Crippen LogP contribution < -0.4 is 11.1 Å². The van der Waals surface area contributed by atoms with Crippen molar-refractivity contribution in [2.75, 3.05) is 6.61 Å². The van der Waals surface area contributed by atoms with Gasteiger partial charge in [0.2, 0.25) is 5.91 Å². The minimum absolute atomic E-state index is 0.0740. The predicted molar refractivity (Wildman–Crippen MR) is 86.4 cm³/mol. The number of nitrogens with two attached hydrogens (primary N) is 1. The number of benzene rings is 1. The molecule has 0 bridgehead atoms. The first-order valence-electron chi connectivity index (χ1n) is 8.31. The van der Waals surface area contributed by atoms with E-state index in [-0.39, 0.29) is 17.4 Å². The summed E-state index contributed by atoms with van der Waals surface area (Å²) in [5.74, 6) is -0.0740. The fourth-order valence-electron chi connectivity index (χ4n) is 3.83. The highest BCUT2D eigenvalue weighted by Crippen LogP contribution is 2.57. The first-order valence-corrected chi connectivity index (χ1v) is 8.31. The Kier molecular flexibility index (Phi) is 4.24. The second-order valence-electron chi connectivity index (χ2n) is 6.72. The summed E-state index contributed by atoms with van der Waals surface area (Å²) < 4.78 is 5.82. The summed E-state index contributed by atoms with van der Waals surface area (Å²) in [6.45, 7) is 4.81. The van der Waals surface area contributed by atoms with Gasteiger partial charge in [-0.3, -0.25) is 4.79 Å². The standard InChI is InChI=1S/C18H26N2O2/c1-3-22-15-11-14(18(15)9-4-10-18)20-17(21)16(19)13-7-5-12(2)6-8-13/h5-8,14-16H,3-4,9-11,19H2,1-2H3,(H,20,21). The number of hydrogen-bond acceptors (Lipinski definition) is 3. The second-order valence-corrected chi connectivity index (χ2v) is 6.72. The van der Waals surface area contributed by atoms with Crippen molar-refractivity contribution in [2.45, 2.75) is 57.7 Å². The van der Waals surface area contributed by atoms with Crippen molar-refractivity contribution < 1.29 is 9.53 Å². The minimum atomic E-state index is -0.594. The van der Waals surface area contributed by atoms with Gasteiger partial charge in [-0.05, 0) is 38.7 Å². The smallest absolute Gasteiger partial charge is 0.241 e. The summed E-state index contributed by atoms with van der Waals surface area (Å²) in [6.07, 6.45) is 4.78. The topological polar surface area (TPSA) is 64.3 Å². The highest BCUT2D eigenvalue weighted by atomic mass is 16.5. The molecule has 1 spiro atoms. The normalized spacial score (nSPS) is 26.9. The molecule has 0 aromatic heterocycles. The largest absolute Gasteiger partial charge is 0.378 e. The summed E-state index contributed by atoms with van der Waals surface area (Å²) in [6, 6.07) is 7.48. The van der Waals surface area contributed by atoms with Crippen molar-refractivity contribution in [3.05, 3.63) is 35.4 Å². The average molecular weight is 302 g/mol. The molecule has 3 N–H and O–H groups in total. The third-order valence-corrected chi connectivity index (χ3v) is 5.47. The molecular weight excluding hydrogens is 276 g/mol. The van der Waals surface area contributed by atoms with Gasteiger partial charge < -0.3 is 15.8 Å². The van der Waals surface area contributed by atoms with Crippen molar-refractivity contribution in [1.29, 1.82) is 0 Å². The highest BCUT2D eigenvalue weighted by molar-refractivity contribution is 5.83. The van der Waals surface area contributed by atoms with E-state index in [2.05, 4.69) is 5.32 Å². The molecular formula is C18H26N2O2. The Labute approximate surface area is 132 Å². The molecule has 4 nitrogen and oxygen atoms in total. The minimum Gasteiger partial charge on any atom is -0.378 e. The van der Waals surface area contributed by atoms with Gasteiger partial charge in [0.1, 0.15) is 6.04 Å². The number of carbonyl (C=O) groups excluding carboxylic acids is 1. The van der Waals surface area contributed by atoms with Gasteiger partial charge in [0.15, 0.2) is 0 Å². The first-order chi connectivity index (χ1) is 10.6. The molecule has 1 aromatic carbocycles. The van der Waals surface area contributed by atoms with Crippen LogP contribution in [0.4, 0.5) is 0 Å². The van der Waals surface area contributed by atoms with Crippen LogP contribution in [0.3, 0.4) is 0 Å². The van der Waals surface area contributed by atoms with Gasteiger partial charge >= 0.3 is 0 Å². The van der Waals surface area contributed by atoms with E-state index in [9.17, 15) is 4.79 Å². The Balaban J connectivity index is 1.61. The number of carbonyl (C=O) groups is 1. The molecule has 0 aliphatic heterocycles. The Bertz CT molecular complexity index is 537. The molecule has 2 aliphatic rings. The van der Waals surface area contributed by atoms with Crippen molar-refractivity contribution in [2.24, 2.45) is 11.1 Å². The van der Waals surface area contributed by atoms with Gasteiger partial charge in [-0.1, -0.05) is 36.2 Å². The van der Waals surface area contributed by atoms with E-state index < -0.39 is 6.04 Å². The lowest BCUT2D eigenvalue weighted by molar-refractivity contribution is -0.176. The molecule has 22 heavy (non-hydrogen) atoms. The Morgan fingerprint density at radius 1 is 1.41 bits per heavy atom. The molecule has 2 saturated carbocycles. The van der Waals surface area contributed by atoms with Crippen LogP contribution in [0.5, 0.6) is 0 Å². The van der Waals surface area contributed by atoms with E-state index in [4.69, 9.17) is 10.5 Å². The molecule has 4 heteroatoms. The lowest BCUT2D eigenvalue weighted by Gasteiger charge is -2.61. The SMILES string of the molecule is CCOC1CC(NC(=O)C(N)c2ccc(C)cc2)C12CCC2. The highest BCUT2D eigenvalue weighted by Gasteiger charge is 2.59. The summed E-state index contributed by atoms with van der Waals surface area (Å²) in [7, 11) is 0. The molecule has 1 aromatic rings. The first kappa shape index (κ1) is 15.5. The van der Waals surface area contributed by atoms with Gasteiger partial charge in [-0.15, -0.1) is 0 Å². The van der Waals surface area contributed by atoms with Crippen LogP contribution in [-0.2, 0) is 9.53 Å². The third-order valence-electron chi connectivity index (χ3n) is 5.47. The number of ether oxygens (including phenoxy) is 1. The Morgan fingerprint density at radius 2 is 2.09 bits per heavy atom. The quantitative estimate of drug-likeness (QED) is 0.878. The fraction of sp³-hybridized carbons (Fsp3) is 0.611. The molecule has 2 aliphatic carbocycles. The number of hydrogen-bond donors (Lipinski definition) is 2. The monoisotopic (exact) mass is 302 g/mol. The molecule has 120 valence electrons. The second kappa shape index (κ2) is 6.01. The Morgan fingerprint density at radius 3 is 2.64 bits per heavy atom. The van der Waals surface area contributed by atoms with Crippen LogP contribution in [0.25, 0.3) is 0 Å². The van der Waals surface area contributed by atoms with Crippen LogP contribution in [0.1, 0.15) is 49.8 Å². The van der Waals surface area contributed by atoms with Crippen molar-refractivity contribution >= 4 is 5.91 Å².